The van der Waals surface area contributed by atoms with Crippen molar-refractivity contribution in [3.63, 3.8) is 0 Å². The first-order chi connectivity index (χ1) is 8.33. The fraction of sp³-hybridized carbons (Fsp3) is 0.571. The highest BCUT2D eigenvalue weighted by molar-refractivity contribution is 5.16. The van der Waals surface area contributed by atoms with Crippen LogP contribution in [0.25, 0.3) is 0 Å². The number of hydrogen-bond acceptors (Lipinski definition) is 2. The normalized spacial score (nSPS) is 29.2. The number of piperazine rings is 1. The Kier molecular flexibility index (Phi) is 3.12. The molecule has 0 radical (unpaired) electrons. The Balaban J connectivity index is 1.69. The van der Waals surface area contributed by atoms with Gasteiger partial charge in [0.25, 0.3) is 0 Å². The first kappa shape index (κ1) is 11.2. The van der Waals surface area contributed by atoms with Crippen molar-refractivity contribution in [3.8, 4) is 0 Å². The molecule has 2 fully saturated rings. The van der Waals surface area contributed by atoms with E-state index < -0.39 is 0 Å². The lowest BCUT2D eigenvalue weighted by molar-refractivity contribution is 0.129. The van der Waals surface area contributed by atoms with Crippen molar-refractivity contribution >= 4 is 0 Å². The minimum absolute atomic E-state index is 0.146. The average Bonchev–Trinajstić information content (AvgIpc) is 2.81. The molecule has 0 aromatic heterocycles. The van der Waals surface area contributed by atoms with E-state index >= 15 is 0 Å². The van der Waals surface area contributed by atoms with Crippen LogP contribution in [0.3, 0.4) is 0 Å². The summed E-state index contributed by atoms with van der Waals surface area (Å²) in [5, 5.41) is 3.60. The largest absolute Gasteiger partial charge is 0.311 e. The number of fused-ring (bicyclic) bond motifs is 1. The highest BCUT2D eigenvalue weighted by atomic mass is 19.1. The van der Waals surface area contributed by atoms with Crippen LogP contribution < -0.4 is 5.32 Å². The number of benzene rings is 1. The molecule has 3 rings (SSSR count). The number of hydrogen-bond donors (Lipinski definition) is 1. The van der Waals surface area contributed by atoms with Gasteiger partial charge >= 0.3 is 0 Å². The van der Waals surface area contributed by atoms with E-state index in [0.717, 1.165) is 19.6 Å². The van der Waals surface area contributed by atoms with Gasteiger partial charge in [0.05, 0.1) is 0 Å². The maximum Gasteiger partial charge on any atom is 0.123 e. The second kappa shape index (κ2) is 4.75. The van der Waals surface area contributed by atoms with Crippen LogP contribution in [-0.2, 0) is 6.54 Å². The topological polar surface area (TPSA) is 15.3 Å². The monoisotopic (exact) mass is 234 g/mol. The number of nitrogens with one attached hydrogen (secondary N) is 1. The Hall–Kier alpha value is -0.930. The molecule has 2 nitrogen and oxygen atoms in total. The van der Waals surface area contributed by atoms with E-state index in [1.54, 1.807) is 12.1 Å². The maximum absolute atomic E-state index is 12.9. The number of nitrogens with zero attached hydrogens (tertiary/aromatic N) is 1. The zero-order valence-electron chi connectivity index (χ0n) is 10.0. The van der Waals surface area contributed by atoms with Gasteiger partial charge in [-0.3, -0.25) is 4.90 Å². The molecule has 0 bridgehead atoms. The third-order valence-corrected chi connectivity index (χ3v) is 4.05. The summed E-state index contributed by atoms with van der Waals surface area (Å²) in [7, 11) is 0. The van der Waals surface area contributed by atoms with Crippen molar-refractivity contribution in [2.75, 3.05) is 13.1 Å². The summed E-state index contributed by atoms with van der Waals surface area (Å²) in [4.78, 5) is 2.56. The van der Waals surface area contributed by atoms with Crippen molar-refractivity contribution in [2.24, 2.45) is 0 Å². The lowest BCUT2D eigenvalue weighted by atomic mass is 10.1. The Bertz CT molecular complexity index is 376. The van der Waals surface area contributed by atoms with Crippen molar-refractivity contribution in [3.05, 3.63) is 35.6 Å². The molecule has 2 atom stereocenters. The van der Waals surface area contributed by atoms with Gasteiger partial charge < -0.3 is 5.32 Å². The van der Waals surface area contributed by atoms with Crippen LogP contribution in [0.5, 0.6) is 0 Å². The third-order valence-electron chi connectivity index (χ3n) is 4.05. The molecule has 2 aliphatic rings. The molecule has 1 aliphatic heterocycles. The Labute approximate surface area is 102 Å². The van der Waals surface area contributed by atoms with Gasteiger partial charge in [0.2, 0.25) is 0 Å². The zero-order valence-corrected chi connectivity index (χ0v) is 10.0. The van der Waals surface area contributed by atoms with Crippen molar-refractivity contribution in [1.82, 2.24) is 10.2 Å². The standard InChI is InChI=1S/C14H19FN2/c15-12-6-4-11(5-7-12)10-17-9-8-16-13-2-1-3-14(13)17/h4-7,13-14,16H,1-3,8-10H2/t13-,14+/m0/s1. The van der Waals surface area contributed by atoms with Crippen molar-refractivity contribution < 1.29 is 4.39 Å². The van der Waals surface area contributed by atoms with Gasteiger partial charge in [0.1, 0.15) is 5.82 Å². The van der Waals surface area contributed by atoms with Crippen LogP contribution in [0.1, 0.15) is 24.8 Å². The van der Waals surface area contributed by atoms with Crippen LogP contribution in [0.4, 0.5) is 4.39 Å². The Morgan fingerprint density at radius 2 is 2.06 bits per heavy atom. The van der Waals surface area contributed by atoms with Crippen LogP contribution in [-0.4, -0.2) is 30.1 Å². The van der Waals surface area contributed by atoms with Gasteiger partial charge in [-0.1, -0.05) is 18.6 Å². The quantitative estimate of drug-likeness (QED) is 0.843. The molecular weight excluding hydrogens is 215 g/mol. The third kappa shape index (κ3) is 2.35. The highest BCUT2D eigenvalue weighted by Gasteiger charge is 2.34. The predicted octanol–water partition coefficient (Wildman–Crippen LogP) is 2.15. The van der Waals surface area contributed by atoms with Crippen LogP contribution in [0.15, 0.2) is 24.3 Å². The number of halogens is 1. The molecule has 1 aromatic rings. The minimum atomic E-state index is -0.146. The first-order valence-corrected chi connectivity index (χ1v) is 6.55. The van der Waals surface area contributed by atoms with Crippen LogP contribution in [0.2, 0.25) is 0 Å². The molecule has 0 amide bonds. The molecule has 0 spiro atoms. The summed E-state index contributed by atoms with van der Waals surface area (Å²) >= 11 is 0. The van der Waals surface area contributed by atoms with E-state index in [4.69, 9.17) is 0 Å². The average molecular weight is 234 g/mol. The van der Waals surface area contributed by atoms with E-state index in [-0.39, 0.29) is 5.82 Å². The second-order valence-electron chi connectivity index (χ2n) is 5.16. The molecule has 1 aromatic carbocycles. The summed E-state index contributed by atoms with van der Waals surface area (Å²) in [5.41, 5.74) is 1.22. The molecule has 17 heavy (non-hydrogen) atoms. The first-order valence-electron chi connectivity index (χ1n) is 6.55. The van der Waals surface area contributed by atoms with Gasteiger partial charge in [-0.15, -0.1) is 0 Å². The van der Waals surface area contributed by atoms with E-state index in [0.29, 0.717) is 12.1 Å². The Morgan fingerprint density at radius 1 is 1.24 bits per heavy atom. The molecule has 1 N–H and O–H groups in total. The summed E-state index contributed by atoms with van der Waals surface area (Å²) in [6.07, 6.45) is 3.95. The fourth-order valence-electron chi connectivity index (χ4n) is 3.20. The minimum Gasteiger partial charge on any atom is -0.311 e. The van der Waals surface area contributed by atoms with E-state index in [9.17, 15) is 4.39 Å². The summed E-state index contributed by atoms with van der Waals surface area (Å²) in [5.74, 6) is -0.146. The van der Waals surface area contributed by atoms with Gasteiger partial charge in [-0.05, 0) is 30.5 Å². The molecule has 0 unspecified atom stereocenters. The zero-order chi connectivity index (χ0) is 11.7. The molecule has 92 valence electrons. The van der Waals surface area contributed by atoms with Crippen molar-refractivity contribution in [2.45, 2.75) is 37.9 Å². The summed E-state index contributed by atoms with van der Waals surface area (Å²) in [6.45, 7) is 3.16. The lowest BCUT2D eigenvalue weighted by Crippen LogP contribution is -2.54. The maximum atomic E-state index is 12.9. The molecule has 1 saturated carbocycles. The van der Waals surface area contributed by atoms with Crippen LogP contribution >= 0.6 is 0 Å². The fourth-order valence-corrected chi connectivity index (χ4v) is 3.20. The van der Waals surface area contributed by atoms with Crippen LogP contribution in [0, 0.1) is 5.82 Å². The highest BCUT2D eigenvalue weighted by Crippen LogP contribution is 2.27. The molecule has 1 aliphatic carbocycles. The van der Waals surface area contributed by atoms with Gasteiger partial charge in [0.15, 0.2) is 0 Å². The molecule has 3 heteroatoms. The summed E-state index contributed by atoms with van der Waals surface area (Å²) in [6, 6.07) is 8.30. The SMILES string of the molecule is Fc1ccc(CN2CCN[C@H]3CCC[C@H]32)cc1. The van der Waals surface area contributed by atoms with E-state index in [1.165, 1.54) is 24.8 Å². The second-order valence-corrected chi connectivity index (χ2v) is 5.16. The summed E-state index contributed by atoms with van der Waals surface area (Å²) < 4.78 is 12.9. The van der Waals surface area contributed by atoms with E-state index in [1.807, 2.05) is 12.1 Å². The molecule has 1 heterocycles. The molecular formula is C14H19FN2. The smallest absolute Gasteiger partial charge is 0.123 e. The lowest BCUT2D eigenvalue weighted by Gasteiger charge is -2.38. The Morgan fingerprint density at radius 3 is 2.88 bits per heavy atom. The van der Waals surface area contributed by atoms with Gasteiger partial charge in [-0.25, -0.2) is 4.39 Å². The van der Waals surface area contributed by atoms with Crippen molar-refractivity contribution in [1.29, 1.82) is 0 Å². The van der Waals surface area contributed by atoms with Gasteiger partial charge in [-0.2, -0.15) is 0 Å². The van der Waals surface area contributed by atoms with E-state index in [2.05, 4.69) is 10.2 Å². The predicted molar refractivity (Wildman–Crippen MR) is 66.2 cm³/mol. The molecule has 1 saturated heterocycles. The van der Waals surface area contributed by atoms with Gasteiger partial charge in [0, 0.05) is 31.7 Å². The number of rotatable bonds is 2.